The topological polar surface area (TPSA) is 48.5 Å². The molecule has 0 saturated carbocycles. The molecule has 3 heterocycles. The Morgan fingerprint density at radius 3 is 2.18 bits per heavy atom. The summed E-state index contributed by atoms with van der Waals surface area (Å²) in [5.74, 6) is 0.837. The van der Waals surface area contributed by atoms with Gasteiger partial charge in [-0.3, -0.25) is 4.57 Å². The van der Waals surface area contributed by atoms with Gasteiger partial charge in [-0.2, -0.15) is 0 Å². The predicted octanol–water partition coefficient (Wildman–Crippen LogP) is 6.76. The number of imidazole rings is 1. The third-order valence-electron chi connectivity index (χ3n) is 6.53. The van der Waals surface area contributed by atoms with Crippen LogP contribution in [0.1, 0.15) is 6.92 Å². The van der Waals surface area contributed by atoms with Crippen LogP contribution < -0.4 is 0 Å². The summed E-state index contributed by atoms with van der Waals surface area (Å²) in [5, 5.41) is 2.48. The van der Waals surface area contributed by atoms with E-state index in [9.17, 15) is 0 Å². The van der Waals surface area contributed by atoms with Gasteiger partial charge in [0.15, 0.2) is 11.3 Å². The summed E-state index contributed by atoms with van der Waals surface area (Å²) in [7, 11) is 0. The van der Waals surface area contributed by atoms with Crippen molar-refractivity contribution in [3.8, 4) is 17.1 Å². The number of rotatable bonds is 3. The molecule has 0 aliphatic carbocycles. The van der Waals surface area contributed by atoms with Crippen molar-refractivity contribution in [1.82, 2.24) is 24.1 Å². The van der Waals surface area contributed by atoms with Crippen LogP contribution in [0.4, 0.5) is 0 Å². The molecule has 3 aromatic heterocycles. The third-order valence-corrected chi connectivity index (χ3v) is 6.53. The van der Waals surface area contributed by atoms with Crippen LogP contribution in [0.3, 0.4) is 0 Å². The fourth-order valence-corrected chi connectivity index (χ4v) is 5.00. The Bertz CT molecular complexity index is 1840. The van der Waals surface area contributed by atoms with E-state index in [0.717, 1.165) is 40.3 Å². The maximum Gasteiger partial charge on any atom is 0.199 e. The van der Waals surface area contributed by atoms with Gasteiger partial charge in [0, 0.05) is 33.9 Å². The average Bonchev–Trinajstić information content (AvgIpc) is 3.42. The first-order valence-corrected chi connectivity index (χ1v) is 11.5. The first kappa shape index (κ1) is 19.0. The maximum atomic E-state index is 5.00. The highest BCUT2D eigenvalue weighted by Gasteiger charge is 2.19. The summed E-state index contributed by atoms with van der Waals surface area (Å²) < 4.78 is 4.51. The molecular weight excluding hydrogens is 418 g/mol. The van der Waals surface area contributed by atoms with Gasteiger partial charge in [-0.25, -0.2) is 15.0 Å². The van der Waals surface area contributed by atoms with E-state index in [1.807, 2.05) is 42.5 Å². The van der Waals surface area contributed by atoms with Crippen LogP contribution in [0.5, 0.6) is 0 Å². The van der Waals surface area contributed by atoms with E-state index in [1.165, 1.54) is 21.8 Å². The van der Waals surface area contributed by atoms with Crippen molar-refractivity contribution in [2.75, 3.05) is 0 Å². The first-order valence-electron chi connectivity index (χ1n) is 11.5. The van der Waals surface area contributed by atoms with E-state index in [2.05, 4.69) is 70.7 Å². The van der Waals surface area contributed by atoms with Gasteiger partial charge < -0.3 is 4.57 Å². The lowest BCUT2D eigenvalue weighted by Gasteiger charge is -2.10. The van der Waals surface area contributed by atoms with Crippen LogP contribution in [0.2, 0.25) is 0 Å². The minimum atomic E-state index is 0.647. The van der Waals surface area contributed by atoms with Crippen molar-refractivity contribution in [3.63, 3.8) is 0 Å². The van der Waals surface area contributed by atoms with Gasteiger partial charge in [0.25, 0.3) is 0 Å². The Balaban J connectivity index is 1.59. The van der Waals surface area contributed by atoms with Gasteiger partial charge in [0.1, 0.15) is 5.82 Å². The van der Waals surface area contributed by atoms with Crippen molar-refractivity contribution in [2.45, 2.75) is 13.5 Å². The molecule has 0 fully saturated rings. The molecule has 0 spiro atoms. The SMILES string of the molecule is CCn1c2ccccc2c2cc(-n3c(-c4ccccc4)nc4nc5ccccc5nc43)ccc21. The Labute approximate surface area is 195 Å². The minimum Gasteiger partial charge on any atom is -0.341 e. The number of aromatic nitrogens is 5. The van der Waals surface area contributed by atoms with E-state index in [4.69, 9.17) is 15.0 Å². The summed E-state index contributed by atoms with van der Waals surface area (Å²) in [6.07, 6.45) is 0. The number of para-hydroxylation sites is 3. The Morgan fingerprint density at radius 2 is 1.35 bits per heavy atom. The molecule has 0 atom stereocenters. The molecule has 0 radical (unpaired) electrons. The predicted molar refractivity (Wildman–Crippen MR) is 138 cm³/mol. The molecule has 5 nitrogen and oxygen atoms in total. The molecule has 0 saturated heterocycles. The zero-order valence-corrected chi connectivity index (χ0v) is 18.7. The van der Waals surface area contributed by atoms with Crippen LogP contribution >= 0.6 is 0 Å². The highest BCUT2D eigenvalue weighted by molar-refractivity contribution is 6.08. The molecule has 0 amide bonds. The largest absolute Gasteiger partial charge is 0.341 e. The highest BCUT2D eigenvalue weighted by atomic mass is 15.2. The molecule has 7 aromatic rings. The van der Waals surface area contributed by atoms with Crippen molar-refractivity contribution in [2.24, 2.45) is 0 Å². The average molecular weight is 440 g/mol. The molecule has 34 heavy (non-hydrogen) atoms. The number of aryl methyl sites for hydroxylation is 1. The molecule has 0 unspecified atom stereocenters. The number of fused-ring (bicyclic) bond motifs is 5. The van der Waals surface area contributed by atoms with Crippen molar-refractivity contribution < 1.29 is 0 Å². The molecule has 7 rings (SSSR count). The summed E-state index contributed by atoms with van der Waals surface area (Å²) >= 11 is 0. The zero-order chi connectivity index (χ0) is 22.6. The van der Waals surface area contributed by atoms with Crippen molar-refractivity contribution in [1.29, 1.82) is 0 Å². The number of benzene rings is 4. The van der Waals surface area contributed by atoms with E-state index >= 15 is 0 Å². The molecule has 0 bridgehead atoms. The van der Waals surface area contributed by atoms with Gasteiger partial charge in [-0.05, 0) is 43.3 Å². The molecule has 5 heteroatoms. The van der Waals surface area contributed by atoms with Gasteiger partial charge >= 0.3 is 0 Å². The molecule has 0 N–H and O–H groups in total. The number of hydrogen-bond acceptors (Lipinski definition) is 3. The highest BCUT2D eigenvalue weighted by Crippen LogP contribution is 2.33. The molecule has 4 aromatic carbocycles. The lowest BCUT2D eigenvalue weighted by molar-refractivity contribution is 0.827. The van der Waals surface area contributed by atoms with Gasteiger partial charge in [-0.1, -0.05) is 60.7 Å². The first-order chi connectivity index (χ1) is 16.8. The van der Waals surface area contributed by atoms with Crippen LogP contribution in [0.15, 0.2) is 97.1 Å². The quantitative estimate of drug-likeness (QED) is 0.305. The summed E-state index contributed by atoms with van der Waals surface area (Å²) in [6.45, 7) is 3.11. The second-order valence-electron chi connectivity index (χ2n) is 8.46. The Hall–Kier alpha value is -4.51. The van der Waals surface area contributed by atoms with Crippen LogP contribution in [0.25, 0.3) is 61.2 Å². The lowest BCUT2D eigenvalue weighted by atomic mass is 10.1. The van der Waals surface area contributed by atoms with Gasteiger partial charge in [0.05, 0.1) is 16.7 Å². The van der Waals surface area contributed by atoms with Gasteiger partial charge in [-0.15, -0.1) is 0 Å². The number of hydrogen-bond donors (Lipinski definition) is 0. The van der Waals surface area contributed by atoms with Crippen LogP contribution in [-0.2, 0) is 6.54 Å². The maximum absolute atomic E-state index is 5.00. The molecule has 0 aliphatic heterocycles. The van der Waals surface area contributed by atoms with Crippen molar-refractivity contribution in [3.05, 3.63) is 97.1 Å². The van der Waals surface area contributed by atoms with E-state index < -0.39 is 0 Å². The van der Waals surface area contributed by atoms with E-state index in [1.54, 1.807) is 0 Å². The smallest absolute Gasteiger partial charge is 0.199 e. The molecule has 0 aliphatic rings. The Kier molecular flexibility index (Phi) is 4.05. The van der Waals surface area contributed by atoms with Gasteiger partial charge in [0.2, 0.25) is 0 Å². The second-order valence-corrected chi connectivity index (χ2v) is 8.46. The Morgan fingerprint density at radius 1 is 0.647 bits per heavy atom. The lowest BCUT2D eigenvalue weighted by Crippen LogP contribution is -2.00. The normalized spacial score (nSPS) is 11.8. The number of nitrogens with zero attached hydrogens (tertiary/aromatic N) is 5. The third kappa shape index (κ3) is 2.70. The zero-order valence-electron chi connectivity index (χ0n) is 18.7. The summed E-state index contributed by atoms with van der Waals surface area (Å²) in [6, 6.07) is 33.4. The molecular formula is C29H21N5. The standard InChI is InChI=1S/C29H21N5/c1-2-33-25-15-9-6-12-21(25)22-18-20(16-17-26(22)33)34-28(19-10-4-3-5-11-19)32-27-29(34)31-24-14-8-7-13-23(24)30-27/h3-18H,2H2,1H3. The fraction of sp³-hybridized carbons (Fsp3) is 0.0690. The van der Waals surface area contributed by atoms with Crippen LogP contribution in [-0.4, -0.2) is 24.1 Å². The summed E-state index contributed by atoms with van der Waals surface area (Å²) in [4.78, 5) is 14.8. The minimum absolute atomic E-state index is 0.647. The fourth-order valence-electron chi connectivity index (χ4n) is 5.00. The van der Waals surface area contributed by atoms with E-state index in [-0.39, 0.29) is 0 Å². The van der Waals surface area contributed by atoms with Crippen molar-refractivity contribution >= 4 is 44.1 Å². The summed E-state index contributed by atoms with van der Waals surface area (Å²) in [5.41, 5.74) is 7.65. The second kappa shape index (κ2) is 7.25. The van der Waals surface area contributed by atoms with E-state index in [0.29, 0.717) is 5.65 Å². The molecule has 162 valence electrons. The van der Waals surface area contributed by atoms with Crippen LogP contribution in [0, 0.1) is 0 Å². The monoisotopic (exact) mass is 439 g/mol.